The Bertz CT molecular complexity index is 394. The van der Waals surface area contributed by atoms with Gasteiger partial charge in [0.15, 0.2) is 11.6 Å². The number of carbonyl (C=O) groups is 1. The number of carbonyl (C=O) groups excluding carboxylic acids is 1. The first-order valence-electron chi connectivity index (χ1n) is 4.91. The van der Waals surface area contributed by atoms with Crippen LogP contribution in [0.4, 0.5) is 4.39 Å². The fourth-order valence-electron chi connectivity index (χ4n) is 1.21. The van der Waals surface area contributed by atoms with Crippen LogP contribution in [0, 0.1) is 5.82 Å². The molecule has 4 heteroatoms. The summed E-state index contributed by atoms with van der Waals surface area (Å²) in [4.78, 5) is 11.7. The summed E-state index contributed by atoms with van der Waals surface area (Å²) in [5.41, 5.74) is -0.522. The number of para-hydroxylation sites is 1. The Balaban J connectivity index is 3.04. The average Bonchev–Trinajstić information content (AvgIpc) is 2.14. The smallest absolute Gasteiger partial charge is 0.342 e. The monoisotopic (exact) mass is 226 g/mol. The van der Waals surface area contributed by atoms with Crippen LogP contribution in [0.3, 0.4) is 0 Å². The van der Waals surface area contributed by atoms with Gasteiger partial charge >= 0.3 is 5.97 Å². The van der Waals surface area contributed by atoms with Crippen molar-refractivity contribution < 1.29 is 18.7 Å². The first-order chi connectivity index (χ1) is 7.35. The van der Waals surface area contributed by atoms with E-state index >= 15 is 0 Å². The van der Waals surface area contributed by atoms with E-state index in [1.807, 2.05) is 0 Å². The summed E-state index contributed by atoms with van der Waals surface area (Å²) >= 11 is 0. The minimum Gasteiger partial charge on any atom is -0.493 e. The van der Waals surface area contributed by atoms with Gasteiger partial charge in [0, 0.05) is 0 Å². The molecule has 0 spiro atoms. The summed E-state index contributed by atoms with van der Waals surface area (Å²) in [6.45, 7) is 5.24. The van der Waals surface area contributed by atoms with E-state index in [0.717, 1.165) is 0 Å². The molecular formula is C12H15FO3. The highest BCUT2D eigenvalue weighted by Gasteiger charge is 2.22. The molecule has 88 valence electrons. The number of hydrogen-bond donors (Lipinski definition) is 0. The Kier molecular flexibility index (Phi) is 3.52. The van der Waals surface area contributed by atoms with Crippen molar-refractivity contribution >= 4 is 5.97 Å². The summed E-state index contributed by atoms with van der Waals surface area (Å²) in [7, 11) is 1.31. The molecule has 1 rings (SSSR count). The summed E-state index contributed by atoms with van der Waals surface area (Å²) in [5.74, 6) is -1.26. The van der Waals surface area contributed by atoms with Crippen molar-refractivity contribution in [3.63, 3.8) is 0 Å². The van der Waals surface area contributed by atoms with Crippen molar-refractivity contribution in [3.8, 4) is 5.75 Å². The fourth-order valence-corrected chi connectivity index (χ4v) is 1.21. The van der Waals surface area contributed by atoms with E-state index in [1.165, 1.54) is 25.3 Å². The molecule has 0 heterocycles. The van der Waals surface area contributed by atoms with E-state index in [4.69, 9.17) is 9.47 Å². The molecule has 0 saturated carbocycles. The van der Waals surface area contributed by atoms with Gasteiger partial charge in [-0.05, 0) is 32.9 Å². The lowest BCUT2D eigenvalue weighted by molar-refractivity contribution is 0.00657. The third-order valence-electron chi connectivity index (χ3n) is 1.79. The molecule has 0 radical (unpaired) electrons. The summed E-state index contributed by atoms with van der Waals surface area (Å²) in [5, 5.41) is 0. The van der Waals surface area contributed by atoms with E-state index < -0.39 is 17.4 Å². The number of rotatable bonds is 2. The first kappa shape index (κ1) is 12.5. The second kappa shape index (κ2) is 4.51. The molecule has 0 aliphatic carbocycles. The van der Waals surface area contributed by atoms with Crippen LogP contribution in [-0.4, -0.2) is 18.7 Å². The van der Waals surface area contributed by atoms with Crippen LogP contribution in [0.2, 0.25) is 0 Å². The molecule has 0 amide bonds. The van der Waals surface area contributed by atoms with Crippen LogP contribution in [0.15, 0.2) is 18.2 Å². The van der Waals surface area contributed by atoms with Crippen LogP contribution in [0.5, 0.6) is 5.75 Å². The molecule has 1 aromatic carbocycles. The van der Waals surface area contributed by atoms with Gasteiger partial charge in [0.2, 0.25) is 0 Å². The van der Waals surface area contributed by atoms with Crippen LogP contribution >= 0.6 is 0 Å². The topological polar surface area (TPSA) is 35.5 Å². The van der Waals surface area contributed by atoms with E-state index in [0.29, 0.717) is 0 Å². The lowest BCUT2D eigenvalue weighted by Crippen LogP contribution is -2.24. The van der Waals surface area contributed by atoms with Gasteiger partial charge in [-0.15, -0.1) is 0 Å². The fraction of sp³-hybridized carbons (Fsp3) is 0.417. The lowest BCUT2D eigenvalue weighted by Gasteiger charge is -2.20. The van der Waals surface area contributed by atoms with E-state index in [9.17, 15) is 9.18 Å². The molecular weight excluding hydrogens is 211 g/mol. The maximum absolute atomic E-state index is 13.3. The lowest BCUT2D eigenvalue weighted by atomic mass is 10.1. The molecule has 0 unspecified atom stereocenters. The second-order valence-electron chi connectivity index (χ2n) is 4.32. The summed E-state index contributed by atoms with van der Waals surface area (Å²) < 4.78 is 23.3. The number of esters is 1. The Morgan fingerprint density at radius 3 is 2.44 bits per heavy atom. The summed E-state index contributed by atoms with van der Waals surface area (Å²) in [6, 6.07) is 4.14. The molecule has 0 bridgehead atoms. The van der Waals surface area contributed by atoms with Crippen LogP contribution in [0.1, 0.15) is 31.1 Å². The van der Waals surface area contributed by atoms with Gasteiger partial charge in [0.25, 0.3) is 0 Å². The van der Waals surface area contributed by atoms with E-state index in [2.05, 4.69) is 0 Å². The standard InChI is InChI=1S/C12H15FO3/c1-12(2,3)16-11(14)8-6-5-7-9(13)10(8)15-4/h5-7H,1-4H3. The normalized spacial score (nSPS) is 11.1. The second-order valence-corrected chi connectivity index (χ2v) is 4.32. The van der Waals surface area contributed by atoms with Crippen molar-refractivity contribution in [1.82, 2.24) is 0 Å². The number of halogens is 1. The Morgan fingerprint density at radius 1 is 1.31 bits per heavy atom. The molecule has 0 saturated heterocycles. The Hall–Kier alpha value is -1.58. The maximum Gasteiger partial charge on any atom is 0.342 e. The zero-order chi connectivity index (χ0) is 12.3. The average molecular weight is 226 g/mol. The zero-order valence-corrected chi connectivity index (χ0v) is 9.83. The third-order valence-corrected chi connectivity index (χ3v) is 1.79. The number of benzene rings is 1. The Morgan fingerprint density at radius 2 is 1.94 bits per heavy atom. The molecule has 0 fully saturated rings. The van der Waals surface area contributed by atoms with Gasteiger partial charge in [-0.3, -0.25) is 0 Å². The van der Waals surface area contributed by atoms with Crippen molar-refractivity contribution in [1.29, 1.82) is 0 Å². The summed E-state index contributed by atoms with van der Waals surface area (Å²) in [6.07, 6.45) is 0. The third kappa shape index (κ3) is 2.95. The highest BCUT2D eigenvalue weighted by Crippen LogP contribution is 2.24. The van der Waals surface area contributed by atoms with Gasteiger partial charge in [-0.1, -0.05) is 6.07 Å². The van der Waals surface area contributed by atoms with Crippen molar-refractivity contribution in [2.24, 2.45) is 0 Å². The molecule has 0 N–H and O–H groups in total. The van der Waals surface area contributed by atoms with Gasteiger partial charge in [0.05, 0.1) is 7.11 Å². The predicted octanol–water partition coefficient (Wildman–Crippen LogP) is 2.79. The number of hydrogen-bond acceptors (Lipinski definition) is 3. The zero-order valence-electron chi connectivity index (χ0n) is 9.83. The molecule has 0 aliphatic rings. The predicted molar refractivity (Wildman–Crippen MR) is 58.1 cm³/mol. The van der Waals surface area contributed by atoms with Crippen LogP contribution < -0.4 is 4.74 Å². The van der Waals surface area contributed by atoms with Gasteiger partial charge in [-0.25, -0.2) is 9.18 Å². The molecule has 1 aromatic rings. The molecule has 0 atom stereocenters. The van der Waals surface area contributed by atoms with Crippen molar-refractivity contribution in [2.75, 3.05) is 7.11 Å². The van der Waals surface area contributed by atoms with E-state index in [-0.39, 0.29) is 11.3 Å². The van der Waals surface area contributed by atoms with Crippen molar-refractivity contribution in [2.45, 2.75) is 26.4 Å². The SMILES string of the molecule is COc1c(F)cccc1C(=O)OC(C)(C)C. The maximum atomic E-state index is 13.3. The first-order valence-corrected chi connectivity index (χ1v) is 4.91. The Labute approximate surface area is 94.2 Å². The van der Waals surface area contributed by atoms with Crippen LogP contribution in [-0.2, 0) is 4.74 Å². The molecule has 16 heavy (non-hydrogen) atoms. The van der Waals surface area contributed by atoms with Gasteiger partial charge in [0.1, 0.15) is 11.2 Å². The highest BCUT2D eigenvalue weighted by atomic mass is 19.1. The largest absolute Gasteiger partial charge is 0.493 e. The minimum atomic E-state index is -0.617. The minimum absolute atomic E-state index is 0.0863. The molecule has 0 aliphatic heterocycles. The van der Waals surface area contributed by atoms with E-state index in [1.54, 1.807) is 20.8 Å². The number of ether oxygens (including phenoxy) is 2. The van der Waals surface area contributed by atoms with Crippen LogP contribution in [0.25, 0.3) is 0 Å². The molecule has 3 nitrogen and oxygen atoms in total. The van der Waals surface area contributed by atoms with Crippen molar-refractivity contribution in [3.05, 3.63) is 29.6 Å². The quantitative estimate of drug-likeness (QED) is 0.727. The number of methoxy groups -OCH3 is 1. The van der Waals surface area contributed by atoms with Gasteiger partial charge < -0.3 is 9.47 Å². The highest BCUT2D eigenvalue weighted by molar-refractivity contribution is 5.92. The molecule has 0 aromatic heterocycles. The van der Waals surface area contributed by atoms with Gasteiger partial charge in [-0.2, -0.15) is 0 Å².